The predicted octanol–water partition coefficient (Wildman–Crippen LogP) is 4.75. The Balaban J connectivity index is 1.74. The van der Waals surface area contributed by atoms with Crippen LogP contribution in [0.15, 0.2) is 11.6 Å². The average Bonchev–Trinajstić information content (AvgIpc) is 2.40. The van der Waals surface area contributed by atoms with Gasteiger partial charge in [-0.3, -0.25) is 0 Å². The molecule has 0 aromatic carbocycles. The van der Waals surface area contributed by atoms with Gasteiger partial charge < -0.3 is 4.74 Å². The molecule has 2 heteroatoms. The standard InChI is InChI=1S/C15H25ClO/c1-17-15-8-6-14(7-9-15)13-4-2-12(3-5-13)10-11-16/h10-15H,2-9H2,1H3. The Morgan fingerprint density at radius 2 is 1.41 bits per heavy atom. The van der Waals surface area contributed by atoms with Crippen LogP contribution in [0.1, 0.15) is 51.4 Å². The Hall–Kier alpha value is -0.0100. The highest BCUT2D eigenvalue weighted by Crippen LogP contribution is 2.40. The van der Waals surface area contributed by atoms with E-state index >= 15 is 0 Å². The monoisotopic (exact) mass is 256 g/mol. The average molecular weight is 257 g/mol. The third kappa shape index (κ3) is 3.72. The summed E-state index contributed by atoms with van der Waals surface area (Å²) in [4.78, 5) is 0. The van der Waals surface area contributed by atoms with Gasteiger partial charge >= 0.3 is 0 Å². The summed E-state index contributed by atoms with van der Waals surface area (Å²) in [7, 11) is 1.86. The number of hydrogen-bond donors (Lipinski definition) is 0. The lowest BCUT2D eigenvalue weighted by atomic mass is 9.70. The maximum atomic E-state index is 5.66. The zero-order valence-electron chi connectivity index (χ0n) is 10.9. The van der Waals surface area contributed by atoms with Crippen molar-refractivity contribution < 1.29 is 4.74 Å². The predicted molar refractivity (Wildman–Crippen MR) is 73.2 cm³/mol. The van der Waals surface area contributed by atoms with Crippen molar-refractivity contribution in [2.45, 2.75) is 57.5 Å². The Morgan fingerprint density at radius 1 is 0.882 bits per heavy atom. The Kier molecular flexibility index (Phi) is 5.37. The van der Waals surface area contributed by atoms with Crippen LogP contribution in [0.2, 0.25) is 0 Å². The first-order chi connectivity index (χ1) is 8.33. The van der Waals surface area contributed by atoms with E-state index in [1.54, 1.807) is 5.54 Å². The van der Waals surface area contributed by atoms with Gasteiger partial charge in [0.15, 0.2) is 0 Å². The first-order valence-electron chi connectivity index (χ1n) is 7.13. The van der Waals surface area contributed by atoms with E-state index in [9.17, 15) is 0 Å². The van der Waals surface area contributed by atoms with Crippen LogP contribution < -0.4 is 0 Å². The van der Waals surface area contributed by atoms with Gasteiger partial charge in [-0.1, -0.05) is 17.7 Å². The van der Waals surface area contributed by atoms with Crippen molar-refractivity contribution in [3.63, 3.8) is 0 Å². The molecule has 0 aromatic heterocycles. The molecule has 0 bridgehead atoms. The van der Waals surface area contributed by atoms with Gasteiger partial charge in [0.25, 0.3) is 0 Å². The van der Waals surface area contributed by atoms with Gasteiger partial charge in [0.1, 0.15) is 0 Å². The van der Waals surface area contributed by atoms with Gasteiger partial charge in [0.2, 0.25) is 0 Å². The summed E-state index contributed by atoms with van der Waals surface area (Å²) in [6.07, 6.45) is 13.6. The van der Waals surface area contributed by atoms with Crippen LogP contribution in [-0.2, 0) is 4.74 Å². The van der Waals surface area contributed by atoms with Gasteiger partial charge in [0, 0.05) is 12.6 Å². The second kappa shape index (κ2) is 6.80. The molecule has 2 saturated carbocycles. The topological polar surface area (TPSA) is 9.23 Å². The first-order valence-corrected chi connectivity index (χ1v) is 7.56. The number of allylic oxidation sites excluding steroid dienone is 1. The van der Waals surface area contributed by atoms with E-state index in [0.717, 1.165) is 17.8 Å². The number of ether oxygens (including phenoxy) is 1. The van der Waals surface area contributed by atoms with Crippen LogP contribution in [0.3, 0.4) is 0 Å². The molecule has 0 spiro atoms. The molecule has 98 valence electrons. The molecule has 0 saturated heterocycles. The van der Waals surface area contributed by atoms with Crippen LogP contribution >= 0.6 is 11.6 Å². The molecule has 0 radical (unpaired) electrons. The van der Waals surface area contributed by atoms with E-state index in [4.69, 9.17) is 16.3 Å². The van der Waals surface area contributed by atoms with Crippen molar-refractivity contribution in [1.29, 1.82) is 0 Å². The highest BCUT2D eigenvalue weighted by atomic mass is 35.5. The van der Waals surface area contributed by atoms with Gasteiger partial charge in [-0.05, 0) is 69.1 Å². The molecule has 2 fully saturated rings. The molecule has 0 amide bonds. The summed E-state index contributed by atoms with van der Waals surface area (Å²) < 4.78 is 5.45. The molecule has 0 aliphatic heterocycles. The van der Waals surface area contributed by atoms with Crippen molar-refractivity contribution in [2.24, 2.45) is 17.8 Å². The smallest absolute Gasteiger partial charge is 0.0571 e. The third-order valence-electron chi connectivity index (χ3n) is 4.88. The molecule has 0 atom stereocenters. The quantitative estimate of drug-likeness (QED) is 0.708. The number of methoxy groups -OCH3 is 1. The van der Waals surface area contributed by atoms with Crippen molar-refractivity contribution in [1.82, 2.24) is 0 Å². The molecule has 2 aliphatic carbocycles. The van der Waals surface area contributed by atoms with Crippen molar-refractivity contribution >= 4 is 11.6 Å². The number of halogens is 1. The first kappa shape index (κ1) is 13.4. The van der Waals surface area contributed by atoms with E-state index in [1.807, 2.05) is 7.11 Å². The highest BCUT2D eigenvalue weighted by molar-refractivity contribution is 6.25. The molecule has 0 N–H and O–H groups in total. The Bertz CT molecular complexity index is 235. The molecule has 2 aliphatic rings. The number of rotatable bonds is 3. The van der Waals surface area contributed by atoms with Crippen LogP contribution in [0, 0.1) is 17.8 Å². The molecule has 0 heterocycles. The van der Waals surface area contributed by atoms with Crippen molar-refractivity contribution in [3.8, 4) is 0 Å². The molecular weight excluding hydrogens is 232 g/mol. The van der Waals surface area contributed by atoms with E-state index < -0.39 is 0 Å². The second-order valence-electron chi connectivity index (χ2n) is 5.77. The fourth-order valence-corrected chi connectivity index (χ4v) is 3.91. The summed E-state index contributed by atoms with van der Waals surface area (Å²) in [5.41, 5.74) is 1.70. The zero-order valence-corrected chi connectivity index (χ0v) is 11.7. The SMILES string of the molecule is COC1CCC(C2CCC(C=CCl)CC2)CC1. The van der Waals surface area contributed by atoms with Crippen LogP contribution in [0.25, 0.3) is 0 Å². The van der Waals surface area contributed by atoms with Crippen molar-refractivity contribution in [2.75, 3.05) is 7.11 Å². The summed E-state index contributed by atoms with van der Waals surface area (Å²) in [5, 5.41) is 0. The molecule has 0 unspecified atom stereocenters. The van der Waals surface area contributed by atoms with Crippen molar-refractivity contribution in [3.05, 3.63) is 11.6 Å². The minimum absolute atomic E-state index is 0.543. The third-order valence-corrected chi connectivity index (χ3v) is 5.03. The van der Waals surface area contributed by atoms with Crippen LogP contribution in [0.4, 0.5) is 0 Å². The van der Waals surface area contributed by atoms with Gasteiger partial charge in [-0.15, -0.1) is 0 Å². The fraction of sp³-hybridized carbons (Fsp3) is 0.867. The molecule has 2 rings (SSSR count). The van der Waals surface area contributed by atoms with Crippen LogP contribution in [-0.4, -0.2) is 13.2 Å². The highest BCUT2D eigenvalue weighted by Gasteiger charge is 2.30. The summed E-state index contributed by atoms with van der Waals surface area (Å²) in [6, 6.07) is 0. The minimum Gasteiger partial charge on any atom is -0.381 e. The summed E-state index contributed by atoms with van der Waals surface area (Å²) >= 11 is 5.66. The van der Waals surface area contributed by atoms with E-state index in [1.165, 1.54) is 51.4 Å². The molecule has 1 nitrogen and oxygen atoms in total. The Morgan fingerprint density at radius 3 is 1.88 bits per heavy atom. The van der Waals surface area contributed by atoms with Gasteiger partial charge in [0.05, 0.1) is 6.10 Å². The molecule has 17 heavy (non-hydrogen) atoms. The van der Waals surface area contributed by atoms with Gasteiger partial charge in [-0.2, -0.15) is 0 Å². The Labute approximate surface area is 111 Å². The fourth-order valence-electron chi connectivity index (χ4n) is 3.71. The summed E-state index contributed by atoms with van der Waals surface area (Å²) in [5.74, 6) is 2.70. The maximum Gasteiger partial charge on any atom is 0.0571 e. The number of hydrogen-bond acceptors (Lipinski definition) is 1. The lowest BCUT2D eigenvalue weighted by Crippen LogP contribution is -2.27. The largest absolute Gasteiger partial charge is 0.381 e. The molecular formula is C15H25ClO. The normalized spacial score (nSPS) is 39.6. The summed E-state index contributed by atoms with van der Waals surface area (Å²) in [6.45, 7) is 0. The minimum atomic E-state index is 0.543. The lowest BCUT2D eigenvalue weighted by Gasteiger charge is -2.37. The van der Waals surface area contributed by atoms with E-state index in [-0.39, 0.29) is 0 Å². The van der Waals surface area contributed by atoms with Crippen LogP contribution in [0.5, 0.6) is 0 Å². The zero-order chi connectivity index (χ0) is 12.1. The van der Waals surface area contributed by atoms with E-state index in [0.29, 0.717) is 6.10 Å². The lowest BCUT2D eigenvalue weighted by molar-refractivity contribution is 0.0405. The van der Waals surface area contributed by atoms with E-state index in [2.05, 4.69) is 6.08 Å². The molecule has 0 aromatic rings. The second-order valence-corrected chi connectivity index (χ2v) is 6.02. The maximum absolute atomic E-state index is 5.66. The van der Waals surface area contributed by atoms with Gasteiger partial charge in [-0.25, -0.2) is 0 Å².